The van der Waals surface area contributed by atoms with Crippen molar-refractivity contribution in [3.63, 3.8) is 0 Å². The molecular formula is C21H25NO3S. The van der Waals surface area contributed by atoms with Gasteiger partial charge in [-0.05, 0) is 43.5 Å². The Labute approximate surface area is 160 Å². The molecule has 0 aromatic heterocycles. The molecule has 1 N–H and O–H groups in total. The molecule has 1 atom stereocenters. The normalized spacial score (nSPS) is 16.3. The minimum absolute atomic E-state index is 0.256. The van der Waals surface area contributed by atoms with Crippen molar-refractivity contribution in [2.75, 3.05) is 20.3 Å². The van der Waals surface area contributed by atoms with Crippen LogP contribution in [0.1, 0.15) is 29.5 Å². The second kappa shape index (κ2) is 9.01. The number of benzene rings is 2. The van der Waals surface area contributed by atoms with Gasteiger partial charge in [-0.1, -0.05) is 42.0 Å². The first-order chi connectivity index (χ1) is 12.7. The molecule has 4 nitrogen and oxygen atoms in total. The molecule has 26 heavy (non-hydrogen) atoms. The number of aryl methyl sites for hydroxylation is 1. The summed E-state index contributed by atoms with van der Waals surface area (Å²) in [5.41, 5.74) is 3.27. The molecule has 1 aliphatic heterocycles. The van der Waals surface area contributed by atoms with Gasteiger partial charge >= 0.3 is 0 Å². The van der Waals surface area contributed by atoms with E-state index in [1.54, 1.807) is 7.11 Å². The van der Waals surface area contributed by atoms with Crippen molar-refractivity contribution < 1.29 is 14.2 Å². The fraction of sp³-hybridized carbons (Fsp3) is 0.381. The van der Waals surface area contributed by atoms with Crippen molar-refractivity contribution >= 4 is 17.2 Å². The molecule has 0 radical (unpaired) electrons. The molecule has 0 unspecified atom stereocenters. The van der Waals surface area contributed by atoms with Crippen LogP contribution in [0, 0.1) is 6.92 Å². The van der Waals surface area contributed by atoms with Gasteiger partial charge in [0.2, 0.25) is 0 Å². The van der Waals surface area contributed by atoms with Crippen LogP contribution in [0.2, 0.25) is 0 Å². The number of ether oxygens (including phenoxy) is 3. The lowest BCUT2D eigenvalue weighted by Gasteiger charge is -2.15. The van der Waals surface area contributed by atoms with Crippen molar-refractivity contribution in [3.8, 4) is 11.5 Å². The Kier molecular flexibility index (Phi) is 6.47. The summed E-state index contributed by atoms with van der Waals surface area (Å²) in [7, 11) is 1.64. The third-order valence-corrected chi connectivity index (χ3v) is 4.84. The minimum atomic E-state index is 0.256. The highest BCUT2D eigenvalue weighted by molar-refractivity contribution is 7.80. The maximum Gasteiger partial charge on any atom is 0.161 e. The highest BCUT2D eigenvalue weighted by Crippen LogP contribution is 2.29. The van der Waals surface area contributed by atoms with Crippen LogP contribution in [-0.2, 0) is 11.3 Å². The largest absolute Gasteiger partial charge is 0.493 e. The molecule has 0 bridgehead atoms. The topological polar surface area (TPSA) is 39.7 Å². The van der Waals surface area contributed by atoms with Gasteiger partial charge < -0.3 is 19.5 Å². The Morgan fingerprint density at radius 3 is 2.69 bits per heavy atom. The van der Waals surface area contributed by atoms with Crippen LogP contribution in [0.15, 0.2) is 42.5 Å². The quantitative estimate of drug-likeness (QED) is 0.744. The number of nitrogens with one attached hydrogen (secondary N) is 1. The van der Waals surface area contributed by atoms with Crippen LogP contribution in [-0.4, -0.2) is 31.4 Å². The number of thiocarbonyl (C=S) groups is 1. The molecule has 1 fully saturated rings. The van der Waals surface area contributed by atoms with Gasteiger partial charge in [-0.15, -0.1) is 0 Å². The van der Waals surface area contributed by atoms with Gasteiger partial charge in [0, 0.05) is 18.7 Å². The molecule has 1 saturated heterocycles. The minimum Gasteiger partial charge on any atom is -0.493 e. The van der Waals surface area contributed by atoms with E-state index >= 15 is 0 Å². The van der Waals surface area contributed by atoms with Crippen LogP contribution >= 0.6 is 12.2 Å². The van der Waals surface area contributed by atoms with E-state index in [2.05, 4.69) is 36.5 Å². The van der Waals surface area contributed by atoms with E-state index < -0.39 is 0 Å². The van der Waals surface area contributed by atoms with E-state index in [9.17, 15) is 0 Å². The second-order valence-corrected chi connectivity index (χ2v) is 6.89. The molecule has 0 aliphatic carbocycles. The highest BCUT2D eigenvalue weighted by Gasteiger charge is 2.16. The van der Waals surface area contributed by atoms with E-state index in [0.717, 1.165) is 37.1 Å². The average molecular weight is 372 g/mol. The fourth-order valence-electron chi connectivity index (χ4n) is 2.89. The van der Waals surface area contributed by atoms with Crippen LogP contribution in [0.3, 0.4) is 0 Å². The van der Waals surface area contributed by atoms with E-state index in [1.165, 1.54) is 5.56 Å². The molecule has 5 heteroatoms. The standard InChI is InChI=1S/C21H25NO3S/c1-15-5-7-16(8-6-15)14-25-19-10-9-17(12-20(19)23-2)21(26)22-13-18-4-3-11-24-18/h5-10,12,18H,3-4,11,13-14H2,1-2H3,(H,22,26)/t18-/m1/s1. The van der Waals surface area contributed by atoms with Crippen LogP contribution in [0.25, 0.3) is 0 Å². The molecule has 1 heterocycles. The zero-order chi connectivity index (χ0) is 18.4. The molecule has 1 aliphatic rings. The molecule has 2 aromatic carbocycles. The Hall–Kier alpha value is -2.11. The van der Waals surface area contributed by atoms with Gasteiger partial charge in [0.1, 0.15) is 11.6 Å². The average Bonchev–Trinajstić information content (AvgIpc) is 3.19. The smallest absolute Gasteiger partial charge is 0.161 e. The predicted molar refractivity (Wildman–Crippen MR) is 107 cm³/mol. The number of rotatable bonds is 7. The van der Waals surface area contributed by atoms with Crippen molar-refractivity contribution in [1.29, 1.82) is 0 Å². The van der Waals surface area contributed by atoms with Crippen LogP contribution < -0.4 is 14.8 Å². The van der Waals surface area contributed by atoms with Crippen molar-refractivity contribution in [2.24, 2.45) is 0 Å². The third kappa shape index (κ3) is 4.96. The Balaban J connectivity index is 1.60. The third-order valence-electron chi connectivity index (χ3n) is 4.46. The molecule has 0 saturated carbocycles. The Morgan fingerprint density at radius 2 is 2.00 bits per heavy atom. The first-order valence-corrected chi connectivity index (χ1v) is 9.32. The summed E-state index contributed by atoms with van der Waals surface area (Å²) in [5, 5.41) is 3.28. The summed E-state index contributed by atoms with van der Waals surface area (Å²) >= 11 is 5.50. The summed E-state index contributed by atoms with van der Waals surface area (Å²) in [6, 6.07) is 14.1. The maximum atomic E-state index is 5.92. The molecule has 3 rings (SSSR count). The van der Waals surface area contributed by atoms with Crippen LogP contribution in [0.4, 0.5) is 0 Å². The summed E-state index contributed by atoms with van der Waals surface area (Å²) in [6.07, 6.45) is 2.47. The van der Waals surface area contributed by atoms with E-state index in [0.29, 0.717) is 23.1 Å². The van der Waals surface area contributed by atoms with Crippen molar-refractivity contribution in [3.05, 3.63) is 59.2 Å². The van der Waals surface area contributed by atoms with E-state index in [-0.39, 0.29) is 6.10 Å². The first kappa shape index (κ1) is 18.7. The van der Waals surface area contributed by atoms with Crippen molar-refractivity contribution in [1.82, 2.24) is 5.32 Å². The van der Waals surface area contributed by atoms with Gasteiger partial charge in [0.05, 0.1) is 13.2 Å². The van der Waals surface area contributed by atoms with Crippen LogP contribution in [0.5, 0.6) is 11.5 Å². The molecule has 138 valence electrons. The van der Waals surface area contributed by atoms with Crippen molar-refractivity contribution in [2.45, 2.75) is 32.5 Å². The SMILES string of the molecule is COc1cc(C(=S)NC[C@H]2CCCO2)ccc1OCc1ccc(C)cc1. The lowest BCUT2D eigenvalue weighted by molar-refractivity contribution is 0.114. The fourth-order valence-corrected chi connectivity index (χ4v) is 3.10. The highest BCUT2D eigenvalue weighted by atomic mass is 32.1. The zero-order valence-corrected chi connectivity index (χ0v) is 16.1. The molecule has 0 amide bonds. The monoisotopic (exact) mass is 371 g/mol. The lowest BCUT2D eigenvalue weighted by Crippen LogP contribution is -2.31. The number of methoxy groups -OCH3 is 1. The number of hydrogen-bond acceptors (Lipinski definition) is 4. The van der Waals surface area contributed by atoms with E-state index in [1.807, 2.05) is 18.2 Å². The van der Waals surface area contributed by atoms with Gasteiger partial charge in [0.25, 0.3) is 0 Å². The van der Waals surface area contributed by atoms with E-state index in [4.69, 9.17) is 26.4 Å². The summed E-state index contributed by atoms with van der Waals surface area (Å²) < 4.78 is 17.0. The Bertz CT molecular complexity index is 739. The summed E-state index contributed by atoms with van der Waals surface area (Å²) in [4.78, 5) is 0.698. The number of hydrogen-bond donors (Lipinski definition) is 1. The predicted octanol–water partition coefficient (Wildman–Crippen LogP) is 4.03. The van der Waals surface area contributed by atoms with Gasteiger partial charge in [-0.25, -0.2) is 0 Å². The van der Waals surface area contributed by atoms with Gasteiger partial charge in [-0.2, -0.15) is 0 Å². The Morgan fingerprint density at radius 1 is 1.19 bits per heavy atom. The zero-order valence-electron chi connectivity index (χ0n) is 15.3. The summed E-state index contributed by atoms with van der Waals surface area (Å²) in [5.74, 6) is 1.38. The molecule has 2 aromatic rings. The first-order valence-electron chi connectivity index (χ1n) is 8.92. The maximum absolute atomic E-state index is 5.92. The lowest BCUT2D eigenvalue weighted by atomic mass is 10.1. The molecule has 0 spiro atoms. The summed E-state index contributed by atoms with van der Waals surface area (Å²) in [6.45, 7) is 4.16. The molecular weight excluding hydrogens is 346 g/mol. The van der Waals surface area contributed by atoms with Gasteiger partial charge in [0.15, 0.2) is 11.5 Å². The second-order valence-electron chi connectivity index (χ2n) is 6.48. The van der Waals surface area contributed by atoms with Gasteiger partial charge in [-0.3, -0.25) is 0 Å².